The van der Waals surface area contributed by atoms with Gasteiger partial charge in [-0.2, -0.15) is 9.97 Å². The molecule has 1 fully saturated rings. The third-order valence-corrected chi connectivity index (χ3v) is 4.26. The number of aromatic nitrogens is 3. The fourth-order valence-corrected chi connectivity index (χ4v) is 3.20. The highest BCUT2D eigenvalue weighted by atomic mass is 16.5. The van der Waals surface area contributed by atoms with Crippen LogP contribution in [0.3, 0.4) is 0 Å². The van der Waals surface area contributed by atoms with E-state index >= 15 is 0 Å². The van der Waals surface area contributed by atoms with E-state index in [0.29, 0.717) is 24.6 Å². The van der Waals surface area contributed by atoms with Crippen LogP contribution in [0.15, 0.2) is 6.20 Å². The summed E-state index contributed by atoms with van der Waals surface area (Å²) >= 11 is 0. The molecule has 2 aromatic rings. The van der Waals surface area contributed by atoms with Crippen LogP contribution in [0.2, 0.25) is 0 Å². The zero-order valence-electron chi connectivity index (χ0n) is 12.0. The third-order valence-electron chi connectivity index (χ3n) is 4.26. The molecular formula is C14H18N4O4. The number of hydrogen-bond acceptors (Lipinski definition) is 7. The second-order valence-corrected chi connectivity index (χ2v) is 5.71. The van der Waals surface area contributed by atoms with Gasteiger partial charge in [-0.3, -0.25) is 0 Å². The first-order valence-electron chi connectivity index (χ1n) is 7.41. The molecule has 22 heavy (non-hydrogen) atoms. The summed E-state index contributed by atoms with van der Waals surface area (Å²) in [6.45, 7) is 0.390. The van der Waals surface area contributed by atoms with Gasteiger partial charge in [-0.1, -0.05) is 0 Å². The normalized spacial score (nSPS) is 27.8. The summed E-state index contributed by atoms with van der Waals surface area (Å²) in [5, 5.41) is 20.0. The van der Waals surface area contributed by atoms with Crippen LogP contribution in [0.4, 0.5) is 5.95 Å². The van der Waals surface area contributed by atoms with E-state index in [2.05, 4.69) is 9.97 Å². The second kappa shape index (κ2) is 5.08. The maximum atomic E-state index is 9.94. The number of nitrogens with zero attached hydrogens (tertiary/aromatic N) is 3. The van der Waals surface area contributed by atoms with Gasteiger partial charge in [0.25, 0.3) is 0 Å². The molecule has 0 saturated carbocycles. The molecule has 3 atom stereocenters. The molecular weight excluding hydrogens is 288 g/mol. The van der Waals surface area contributed by atoms with Gasteiger partial charge >= 0.3 is 0 Å². The van der Waals surface area contributed by atoms with Crippen molar-refractivity contribution in [3.05, 3.63) is 11.8 Å². The standard InChI is InChI=1S/C14H18N4O4/c15-14-16-12-11-7(2-1-3-21-13(11)17-14)5-18(12)10-4-8(20)9(6-19)22-10/h5,8-10,19-20H,1-4,6H2,(H2,15,16,17)/t8-,9+,10+/m0/s1. The first-order chi connectivity index (χ1) is 10.7. The van der Waals surface area contributed by atoms with Crippen molar-refractivity contribution in [1.82, 2.24) is 14.5 Å². The molecule has 118 valence electrons. The molecule has 2 aromatic heterocycles. The molecule has 1 saturated heterocycles. The van der Waals surface area contributed by atoms with Crippen LogP contribution in [0.25, 0.3) is 11.0 Å². The van der Waals surface area contributed by atoms with Crippen molar-refractivity contribution in [3.8, 4) is 5.88 Å². The lowest BCUT2D eigenvalue weighted by molar-refractivity contribution is -0.0430. The molecule has 4 heterocycles. The maximum absolute atomic E-state index is 9.94. The Morgan fingerprint density at radius 1 is 1.41 bits per heavy atom. The summed E-state index contributed by atoms with van der Waals surface area (Å²) in [6.07, 6.45) is 2.46. The molecule has 0 radical (unpaired) electrons. The first-order valence-corrected chi connectivity index (χ1v) is 7.41. The Kier molecular flexibility index (Phi) is 3.17. The molecule has 2 aliphatic rings. The van der Waals surface area contributed by atoms with E-state index in [4.69, 9.17) is 15.2 Å². The fraction of sp³-hybridized carbons (Fsp3) is 0.571. The lowest BCUT2D eigenvalue weighted by Crippen LogP contribution is -2.24. The summed E-state index contributed by atoms with van der Waals surface area (Å²) in [4.78, 5) is 8.51. The smallest absolute Gasteiger partial charge is 0.228 e. The van der Waals surface area contributed by atoms with Crippen molar-refractivity contribution in [2.75, 3.05) is 18.9 Å². The summed E-state index contributed by atoms with van der Waals surface area (Å²) < 4.78 is 13.3. The van der Waals surface area contributed by atoms with E-state index < -0.39 is 12.2 Å². The van der Waals surface area contributed by atoms with Gasteiger partial charge in [0.1, 0.15) is 12.3 Å². The van der Waals surface area contributed by atoms with Gasteiger partial charge < -0.3 is 30.0 Å². The van der Waals surface area contributed by atoms with Crippen molar-refractivity contribution in [2.24, 2.45) is 0 Å². The van der Waals surface area contributed by atoms with Gasteiger partial charge in [0.05, 0.1) is 24.7 Å². The average molecular weight is 306 g/mol. The molecule has 8 nitrogen and oxygen atoms in total. The van der Waals surface area contributed by atoms with Crippen LogP contribution in [0.5, 0.6) is 5.88 Å². The molecule has 0 amide bonds. The molecule has 0 unspecified atom stereocenters. The van der Waals surface area contributed by atoms with Crippen molar-refractivity contribution < 1.29 is 19.7 Å². The van der Waals surface area contributed by atoms with E-state index in [0.717, 1.165) is 23.8 Å². The predicted octanol–water partition coefficient (Wildman–Crippen LogP) is -0.0208. The predicted molar refractivity (Wildman–Crippen MR) is 77.4 cm³/mol. The highest BCUT2D eigenvalue weighted by Gasteiger charge is 2.36. The number of aryl methyl sites for hydroxylation is 1. The quantitative estimate of drug-likeness (QED) is 0.714. The number of nitrogens with two attached hydrogens (primary N) is 1. The number of aliphatic hydroxyl groups is 2. The van der Waals surface area contributed by atoms with Crippen LogP contribution in [-0.2, 0) is 11.2 Å². The number of hydrogen-bond donors (Lipinski definition) is 3. The highest BCUT2D eigenvalue weighted by Crippen LogP contribution is 2.37. The topological polar surface area (TPSA) is 116 Å². The Labute approximate surface area is 126 Å². The van der Waals surface area contributed by atoms with Crippen molar-refractivity contribution >= 4 is 17.0 Å². The Hall–Kier alpha value is -1.90. The molecule has 4 N–H and O–H groups in total. The van der Waals surface area contributed by atoms with Crippen molar-refractivity contribution in [1.29, 1.82) is 0 Å². The zero-order chi connectivity index (χ0) is 15.3. The third kappa shape index (κ3) is 2.03. The van der Waals surface area contributed by atoms with E-state index in [1.807, 2.05) is 10.8 Å². The Bertz CT molecular complexity index is 716. The van der Waals surface area contributed by atoms with Crippen LogP contribution in [0.1, 0.15) is 24.6 Å². The van der Waals surface area contributed by atoms with E-state index in [1.165, 1.54) is 0 Å². The molecule has 8 heteroatoms. The summed E-state index contributed by atoms with van der Waals surface area (Å²) in [7, 11) is 0. The number of aliphatic hydroxyl groups excluding tert-OH is 2. The molecule has 0 aromatic carbocycles. The van der Waals surface area contributed by atoms with Crippen LogP contribution in [0, 0.1) is 0 Å². The number of ether oxygens (including phenoxy) is 2. The van der Waals surface area contributed by atoms with E-state index in [-0.39, 0.29) is 18.8 Å². The molecule has 0 spiro atoms. The van der Waals surface area contributed by atoms with Crippen LogP contribution < -0.4 is 10.5 Å². The van der Waals surface area contributed by atoms with Gasteiger partial charge in [-0.15, -0.1) is 0 Å². The molecule has 4 rings (SSSR count). The second-order valence-electron chi connectivity index (χ2n) is 5.71. The summed E-state index contributed by atoms with van der Waals surface area (Å²) in [5.41, 5.74) is 7.53. The van der Waals surface area contributed by atoms with Crippen LogP contribution >= 0.6 is 0 Å². The minimum atomic E-state index is -0.696. The minimum Gasteiger partial charge on any atom is -0.477 e. The Balaban J connectivity index is 1.84. The molecule has 2 aliphatic heterocycles. The zero-order valence-corrected chi connectivity index (χ0v) is 12.0. The van der Waals surface area contributed by atoms with Gasteiger partial charge in [-0.25, -0.2) is 0 Å². The van der Waals surface area contributed by atoms with Gasteiger partial charge in [0, 0.05) is 12.6 Å². The van der Waals surface area contributed by atoms with Crippen molar-refractivity contribution in [2.45, 2.75) is 37.7 Å². The van der Waals surface area contributed by atoms with Gasteiger partial charge in [0.15, 0.2) is 5.65 Å². The van der Waals surface area contributed by atoms with E-state index in [1.54, 1.807) is 0 Å². The summed E-state index contributed by atoms with van der Waals surface area (Å²) in [6, 6.07) is 0. The van der Waals surface area contributed by atoms with Crippen LogP contribution in [-0.4, -0.2) is 50.2 Å². The van der Waals surface area contributed by atoms with E-state index in [9.17, 15) is 10.2 Å². The minimum absolute atomic E-state index is 0.146. The molecule has 0 bridgehead atoms. The Morgan fingerprint density at radius 3 is 3.05 bits per heavy atom. The lowest BCUT2D eigenvalue weighted by atomic mass is 10.1. The van der Waals surface area contributed by atoms with Crippen molar-refractivity contribution in [3.63, 3.8) is 0 Å². The number of nitrogen functional groups attached to an aromatic ring is 1. The first kappa shape index (κ1) is 13.7. The fourth-order valence-electron chi connectivity index (χ4n) is 3.20. The average Bonchev–Trinajstić information content (AvgIpc) is 2.96. The monoisotopic (exact) mass is 306 g/mol. The molecule has 0 aliphatic carbocycles. The number of anilines is 1. The largest absolute Gasteiger partial charge is 0.477 e. The van der Waals surface area contributed by atoms with Gasteiger partial charge in [-0.05, 0) is 18.4 Å². The number of rotatable bonds is 2. The Morgan fingerprint density at radius 2 is 2.27 bits per heavy atom. The van der Waals surface area contributed by atoms with Gasteiger partial charge in [0.2, 0.25) is 11.8 Å². The maximum Gasteiger partial charge on any atom is 0.228 e. The highest BCUT2D eigenvalue weighted by molar-refractivity contribution is 5.86. The lowest BCUT2D eigenvalue weighted by Gasteiger charge is -2.15. The summed E-state index contributed by atoms with van der Waals surface area (Å²) in [5.74, 6) is 0.651. The SMILES string of the molecule is Nc1nc2c3c(cn([C@H]4C[C@H](O)[C@@H](CO)O4)c3n1)CCCO2.